The Kier molecular flexibility index (Phi) is 3.88. The molecule has 0 amide bonds. The normalized spacial score (nSPS) is 14.5. The highest BCUT2D eigenvalue weighted by Gasteiger charge is 2.14. The van der Waals surface area contributed by atoms with E-state index in [1.165, 1.54) is 21.7 Å². The number of nitrogens with one attached hydrogen (secondary N) is 1. The molecule has 1 aliphatic rings. The molecule has 1 aliphatic heterocycles. The summed E-state index contributed by atoms with van der Waals surface area (Å²) in [5.41, 5.74) is 3.80. The molecule has 0 aromatic heterocycles. The summed E-state index contributed by atoms with van der Waals surface area (Å²) in [5.74, 6) is 1.05. The van der Waals surface area contributed by atoms with E-state index in [1.807, 2.05) is 0 Å². The van der Waals surface area contributed by atoms with Crippen molar-refractivity contribution in [2.24, 2.45) is 0 Å². The molecule has 3 heteroatoms. The number of benzene rings is 2. The van der Waals surface area contributed by atoms with E-state index in [1.54, 1.807) is 11.8 Å². The summed E-state index contributed by atoms with van der Waals surface area (Å²) in [5, 5.41) is 3.57. The topological polar surface area (TPSA) is 21.3 Å². The minimum atomic E-state index is 0.290. The maximum absolute atomic E-state index is 5.56. The second kappa shape index (κ2) is 5.80. The average Bonchev–Trinajstić information content (AvgIpc) is 2.94. The van der Waals surface area contributed by atoms with Gasteiger partial charge in [-0.1, -0.05) is 12.1 Å². The van der Waals surface area contributed by atoms with Crippen LogP contribution in [0, 0.1) is 0 Å². The molecule has 2 aromatic carbocycles. The van der Waals surface area contributed by atoms with Crippen molar-refractivity contribution in [1.29, 1.82) is 0 Å². The van der Waals surface area contributed by atoms with Gasteiger partial charge in [-0.05, 0) is 54.6 Å². The molecule has 3 rings (SSSR count). The number of hydrogen-bond donors (Lipinski definition) is 1. The van der Waals surface area contributed by atoms with Gasteiger partial charge in [-0.15, -0.1) is 11.8 Å². The summed E-state index contributed by atoms with van der Waals surface area (Å²) in [6.07, 6.45) is 3.13. The van der Waals surface area contributed by atoms with Crippen molar-refractivity contribution in [3.05, 3.63) is 53.6 Å². The second-order valence-electron chi connectivity index (χ2n) is 5.06. The first-order chi connectivity index (χ1) is 9.76. The van der Waals surface area contributed by atoms with Gasteiger partial charge in [0.2, 0.25) is 0 Å². The van der Waals surface area contributed by atoms with E-state index in [-0.39, 0.29) is 6.04 Å². The molecule has 0 aliphatic carbocycles. The minimum Gasteiger partial charge on any atom is -0.493 e. The first-order valence-corrected chi connectivity index (χ1v) is 8.15. The first kappa shape index (κ1) is 13.4. The van der Waals surface area contributed by atoms with Crippen LogP contribution in [0.5, 0.6) is 5.75 Å². The Labute approximate surface area is 124 Å². The van der Waals surface area contributed by atoms with E-state index in [9.17, 15) is 0 Å². The van der Waals surface area contributed by atoms with Crippen molar-refractivity contribution in [3.8, 4) is 5.75 Å². The van der Waals surface area contributed by atoms with Crippen molar-refractivity contribution in [2.45, 2.75) is 24.3 Å². The predicted molar refractivity (Wildman–Crippen MR) is 85.9 cm³/mol. The second-order valence-corrected chi connectivity index (χ2v) is 5.94. The van der Waals surface area contributed by atoms with Crippen LogP contribution in [0.2, 0.25) is 0 Å². The third-order valence-corrected chi connectivity index (χ3v) is 4.39. The molecule has 2 aromatic rings. The molecule has 0 spiro atoms. The Morgan fingerprint density at radius 2 is 2.10 bits per heavy atom. The molecule has 0 bridgehead atoms. The number of thioether (sulfide) groups is 1. The number of hydrogen-bond acceptors (Lipinski definition) is 3. The zero-order valence-electron chi connectivity index (χ0n) is 11.8. The summed E-state index contributed by atoms with van der Waals surface area (Å²) in [4.78, 5) is 1.28. The van der Waals surface area contributed by atoms with Crippen molar-refractivity contribution in [1.82, 2.24) is 0 Å². The highest BCUT2D eigenvalue weighted by molar-refractivity contribution is 7.98. The fraction of sp³-hybridized carbons (Fsp3) is 0.294. The van der Waals surface area contributed by atoms with Crippen LogP contribution in [-0.4, -0.2) is 12.9 Å². The lowest BCUT2D eigenvalue weighted by Crippen LogP contribution is -2.06. The largest absolute Gasteiger partial charge is 0.493 e. The van der Waals surface area contributed by atoms with Gasteiger partial charge in [0.15, 0.2) is 0 Å². The van der Waals surface area contributed by atoms with E-state index in [4.69, 9.17) is 4.74 Å². The highest BCUT2D eigenvalue weighted by atomic mass is 32.2. The molecule has 0 saturated carbocycles. The molecule has 1 N–H and O–H groups in total. The van der Waals surface area contributed by atoms with Crippen molar-refractivity contribution < 1.29 is 4.74 Å². The summed E-state index contributed by atoms with van der Waals surface area (Å²) < 4.78 is 5.56. The van der Waals surface area contributed by atoms with Gasteiger partial charge in [-0.25, -0.2) is 0 Å². The van der Waals surface area contributed by atoms with Crippen LogP contribution in [0.25, 0.3) is 0 Å². The third kappa shape index (κ3) is 2.78. The van der Waals surface area contributed by atoms with Crippen LogP contribution in [0.3, 0.4) is 0 Å². The molecule has 1 heterocycles. The lowest BCUT2D eigenvalue weighted by atomic mass is 10.0. The maximum Gasteiger partial charge on any atom is 0.122 e. The van der Waals surface area contributed by atoms with E-state index in [0.717, 1.165) is 18.8 Å². The molecule has 0 fully saturated rings. The van der Waals surface area contributed by atoms with Gasteiger partial charge in [0.25, 0.3) is 0 Å². The Morgan fingerprint density at radius 3 is 2.95 bits per heavy atom. The molecule has 20 heavy (non-hydrogen) atoms. The van der Waals surface area contributed by atoms with Crippen LogP contribution in [0.15, 0.2) is 47.4 Å². The fourth-order valence-corrected chi connectivity index (χ4v) is 2.98. The van der Waals surface area contributed by atoms with Crippen molar-refractivity contribution in [3.63, 3.8) is 0 Å². The number of fused-ring (bicyclic) bond motifs is 1. The van der Waals surface area contributed by atoms with E-state index < -0.39 is 0 Å². The molecule has 2 nitrogen and oxygen atoms in total. The smallest absolute Gasteiger partial charge is 0.122 e. The quantitative estimate of drug-likeness (QED) is 0.835. The van der Waals surface area contributed by atoms with Gasteiger partial charge in [-0.2, -0.15) is 0 Å². The van der Waals surface area contributed by atoms with Crippen LogP contribution < -0.4 is 10.1 Å². The molecule has 0 saturated heterocycles. The Morgan fingerprint density at radius 1 is 1.20 bits per heavy atom. The van der Waals surface area contributed by atoms with Gasteiger partial charge < -0.3 is 10.1 Å². The van der Waals surface area contributed by atoms with Crippen LogP contribution in [0.1, 0.15) is 24.1 Å². The first-order valence-electron chi connectivity index (χ1n) is 6.92. The lowest BCUT2D eigenvalue weighted by Gasteiger charge is -2.17. The Bertz CT molecular complexity index is 612. The summed E-state index contributed by atoms with van der Waals surface area (Å²) >= 11 is 1.77. The van der Waals surface area contributed by atoms with Crippen LogP contribution in [0.4, 0.5) is 5.69 Å². The van der Waals surface area contributed by atoms with Gasteiger partial charge in [0, 0.05) is 23.0 Å². The average molecular weight is 285 g/mol. The molecule has 1 atom stereocenters. The van der Waals surface area contributed by atoms with E-state index in [2.05, 4.69) is 61.0 Å². The Balaban J connectivity index is 1.77. The monoisotopic (exact) mass is 285 g/mol. The van der Waals surface area contributed by atoms with Gasteiger partial charge in [0.05, 0.1) is 6.61 Å². The SMILES string of the molecule is CSc1cccc(NC(C)c2ccc3c(c2)CCO3)c1. The standard InChI is InChI=1S/C17H19NOS/c1-12(18-15-4-3-5-16(11-15)20-2)13-6-7-17-14(10-13)8-9-19-17/h3-7,10-12,18H,8-9H2,1-2H3. The number of rotatable bonds is 4. The summed E-state index contributed by atoms with van der Waals surface area (Å²) in [6, 6.07) is 15.3. The minimum absolute atomic E-state index is 0.290. The number of ether oxygens (including phenoxy) is 1. The van der Waals surface area contributed by atoms with Gasteiger partial charge >= 0.3 is 0 Å². The highest BCUT2D eigenvalue weighted by Crippen LogP contribution is 2.29. The van der Waals surface area contributed by atoms with E-state index in [0.29, 0.717) is 0 Å². The zero-order chi connectivity index (χ0) is 13.9. The van der Waals surface area contributed by atoms with Crippen LogP contribution >= 0.6 is 11.8 Å². The fourth-order valence-electron chi connectivity index (χ4n) is 2.52. The van der Waals surface area contributed by atoms with Crippen molar-refractivity contribution in [2.75, 3.05) is 18.2 Å². The van der Waals surface area contributed by atoms with Gasteiger partial charge in [0.1, 0.15) is 5.75 Å². The molecule has 1 unspecified atom stereocenters. The van der Waals surface area contributed by atoms with Crippen LogP contribution in [-0.2, 0) is 6.42 Å². The lowest BCUT2D eigenvalue weighted by molar-refractivity contribution is 0.357. The summed E-state index contributed by atoms with van der Waals surface area (Å²) in [7, 11) is 0. The van der Waals surface area contributed by atoms with Crippen molar-refractivity contribution >= 4 is 17.4 Å². The maximum atomic E-state index is 5.56. The number of anilines is 1. The molecular formula is C17H19NOS. The summed E-state index contributed by atoms with van der Waals surface area (Å²) in [6.45, 7) is 3.01. The van der Waals surface area contributed by atoms with E-state index >= 15 is 0 Å². The molecule has 104 valence electrons. The Hall–Kier alpha value is -1.61. The predicted octanol–water partition coefficient (Wildman–Crippen LogP) is 4.52. The molecular weight excluding hydrogens is 266 g/mol. The third-order valence-electron chi connectivity index (χ3n) is 3.67. The van der Waals surface area contributed by atoms with Gasteiger partial charge in [-0.3, -0.25) is 0 Å². The molecule has 0 radical (unpaired) electrons. The zero-order valence-corrected chi connectivity index (χ0v) is 12.7.